The van der Waals surface area contributed by atoms with E-state index >= 15 is 0 Å². The van der Waals surface area contributed by atoms with Gasteiger partial charge in [-0.15, -0.1) is 0 Å². The number of hydrogen-bond donors (Lipinski definition) is 3. The SMILES string of the molecule is Cc1ccc(N)c(Nc2ccc3c(c2)CCC(=O)N3)c1. The van der Waals surface area contributed by atoms with Crippen LogP contribution in [0, 0.1) is 6.92 Å². The van der Waals surface area contributed by atoms with Gasteiger partial charge in [0.1, 0.15) is 0 Å². The van der Waals surface area contributed by atoms with Gasteiger partial charge in [0.05, 0.1) is 11.4 Å². The summed E-state index contributed by atoms with van der Waals surface area (Å²) in [5.41, 5.74) is 11.8. The molecule has 0 radical (unpaired) electrons. The molecule has 102 valence electrons. The van der Waals surface area contributed by atoms with Gasteiger partial charge in [0.2, 0.25) is 5.91 Å². The highest BCUT2D eigenvalue weighted by Crippen LogP contribution is 2.29. The van der Waals surface area contributed by atoms with Crippen LogP contribution in [0.4, 0.5) is 22.7 Å². The third-order valence-corrected chi connectivity index (χ3v) is 3.49. The fraction of sp³-hybridized carbons (Fsp3) is 0.188. The monoisotopic (exact) mass is 267 g/mol. The third-order valence-electron chi connectivity index (χ3n) is 3.49. The number of nitrogens with two attached hydrogens (primary N) is 1. The maximum atomic E-state index is 11.3. The largest absolute Gasteiger partial charge is 0.397 e. The number of carbonyl (C=O) groups is 1. The van der Waals surface area contributed by atoms with Crippen LogP contribution in [0.25, 0.3) is 0 Å². The van der Waals surface area contributed by atoms with Gasteiger partial charge in [0, 0.05) is 17.8 Å². The summed E-state index contributed by atoms with van der Waals surface area (Å²) in [6.45, 7) is 2.03. The van der Waals surface area contributed by atoms with Crippen molar-refractivity contribution in [2.24, 2.45) is 0 Å². The van der Waals surface area contributed by atoms with Gasteiger partial charge in [-0.1, -0.05) is 6.07 Å². The Bertz CT molecular complexity index is 679. The van der Waals surface area contributed by atoms with Crippen molar-refractivity contribution >= 4 is 28.7 Å². The summed E-state index contributed by atoms with van der Waals surface area (Å²) in [5, 5.41) is 6.22. The van der Waals surface area contributed by atoms with Crippen molar-refractivity contribution in [3.8, 4) is 0 Å². The van der Waals surface area contributed by atoms with E-state index in [-0.39, 0.29) is 5.91 Å². The maximum Gasteiger partial charge on any atom is 0.224 e. The van der Waals surface area contributed by atoms with Crippen molar-refractivity contribution in [3.63, 3.8) is 0 Å². The van der Waals surface area contributed by atoms with Gasteiger partial charge in [0.15, 0.2) is 0 Å². The fourth-order valence-electron chi connectivity index (χ4n) is 2.40. The Morgan fingerprint density at radius 3 is 2.85 bits per heavy atom. The molecular formula is C16H17N3O. The lowest BCUT2D eigenvalue weighted by Crippen LogP contribution is -2.18. The number of benzene rings is 2. The van der Waals surface area contributed by atoms with Crippen molar-refractivity contribution in [1.82, 2.24) is 0 Å². The summed E-state index contributed by atoms with van der Waals surface area (Å²) >= 11 is 0. The number of hydrogen-bond acceptors (Lipinski definition) is 3. The molecule has 20 heavy (non-hydrogen) atoms. The number of aryl methyl sites for hydroxylation is 2. The number of carbonyl (C=O) groups excluding carboxylic acids is 1. The predicted octanol–water partition coefficient (Wildman–Crippen LogP) is 3.21. The molecule has 3 rings (SSSR count). The number of nitrogens with one attached hydrogen (secondary N) is 2. The molecule has 4 heteroatoms. The molecule has 0 atom stereocenters. The molecule has 1 aliphatic heterocycles. The molecule has 0 aliphatic carbocycles. The van der Waals surface area contributed by atoms with Crippen molar-refractivity contribution in [1.29, 1.82) is 0 Å². The minimum atomic E-state index is 0.0844. The van der Waals surface area contributed by atoms with Crippen LogP contribution in [0.1, 0.15) is 17.5 Å². The summed E-state index contributed by atoms with van der Waals surface area (Å²) in [5.74, 6) is 0.0844. The van der Waals surface area contributed by atoms with Crippen molar-refractivity contribution in [2.45, 2.75) is 19.8 Å². The molecule has 0 unspecified atom stereocenters. The molecule has 0 bridgehead atoms. The topological polar surface area (TPSA) is 67.1 Å². The van der Waals surface area contributed by atoms with Gasteiger partial charge in [-0.25, -0.2) is 0 Å². The van der Waals surface area contributed by atoms with E-state index in [1.54, 1.807) is 0 Å². The normalized spacial score (nSPS) is 13.6. The summed E-state index contributed by atoms with van der Waals surface area (Å²) in [6.07, 6.45) is 1.32. The van der Waals surface area contributed by atoms with Crippen molar-refractivity contribution < 1.29 is 4.79 Å². The van der Waals surface area contributed by atoms with Crippen LogP contribution in [0.15, 0.2) is 36.4 Å². The second-order valence-corrected chi connectivity index (χ2v) is 5.14. The molecule has 4 N–H and O–H groups in total. The number of nitrogen functional groups attached to an aromatic ring is 1. The highest BCUT2D eigenvalue weighted by Gasteiger charge is 2.14. The molecule has 2 aromatic rings. The molecule has 0 aromatic heterocycles. The lowest BCUT2D eigenvalue weighted by molar-refractivity contribution is -0.116. The molecule has 1 aliphatic rings. The Labute approximate surface area is 118 Å². The van der Waals surface area contributed by atoms with Crippen LogP contribution < -0.4 is 16.4 Å². The van der Waals surface area contributed by atoms with E-state index in [2.05, 4.69) is 16.7 Å². The molecule has 0 saturated heterocycles. The Hall–Kier alpha value is -2.49. The lowest BCUT2D eigenvalue weighted by Gasteiger charge is -2.18. The Morgan fingerprint density at radius 2 is 2.00 bits per heavy atom. The zero-order valence-electron chi connectivity index (χ0n) is 11.4. The van der Waals surface area contributed by atoms with Crippen LogP contribution in [-0.2, 0) is 11.2 Å². The summed E-state index contributed by atoms with van der Waals surface area (Å²) in [7, 11) is 0. The number of fused-ring (bicyclic) bond motifs is 1. The van der Waals surface area contributed by atoms with Crippen LogP contribution in [0.5, 0.6) is 0 Å². The quantitative estimate of drug-likeness (QED) is 0.732. The van der Waals surface area contributed by atoms with Gasteiger partial charge in [-0.2, -0.15) is 0 Å². The van der Waals surface area contributed by atoms with Crippen LogP contribution in [0.2, 0.25) is 0 Å². The summed E-state index contributed by atoms with van der Waals surface area (Å²) < 4.78 is 0. The molecule has 2 aromatic carbocycles. The average Bonchev–Trinajstić information content (AvgIpc) is 2.43. The van der Waals surface area contributed by atoms with E-state index in [1.165, 1.54) is 0 Å². The molecule has 0 spiro atoms. The van der Waals surface area contributed by atoms with E-state index in [4.69, 9.17) is 5.73 Å². The Balaban J connectivity index is 1.88. The number of anilines is 4. The highest BCUT2D eigenvalue weighted by atomic mass is 16.1. The first kappa shape index (κ1) is 12.5. The van der Waals surface area contributed by atoms with E-state index in [9.17, 15) is 4.79 Å². The van der Waals surface area contributed by atoms with Crippen LogP contribution in [-0.4, -0.2) is 5.91 Å². The van der Waals surface area contributed by atoms with E-state index < -0.39 is 0 Å². The van der Waals surface area contributed by atoms with E-state index in [0.29, 0.717) is 6.42 Å². The molecule has 0 fully saturated rings. The zero-order chi connectivity index (χ0) is 14.1. The predicted molar refractivity (Wildman–Crippen MR) is 82.3 cm³/mol. The summed E-state index contributed by atoms with van der Waals surface area (Å²) in [4.78, 5) is 11.3. The standard InChI is InChI=1S/C16H17N3O/c1-10-2-5-13(17)15(8-10)18-12-4-6-14-11(9-12)3-7-16(20)19-14/h2,4-6,8-9,18H,3,7,17H2,1H3,(H,19,20). The van der Waals surface area contributed by atoms with Crippen molar-refractivity contribution in [2.75, 3.05) is 16.4 Å². The van der Waals surface area contributed by atoms with Crippen molar-refractivity contribution in [3.05, 3.63) is 47.5 Å². The smallest absolute Gasteiger partial charge is 0.224 e. The molecule has 1 amide bonds. The minimum absolute atomic E-state index is 0.0844. The fourth-order valence-corrected chi connectivity index (χ4v) is 2.40. The number of rotatable bonds is 2. The zero-order valence-corrected chi connectivity index (χ0v) is 11.4. The van der Waals surface area contributed by atoms with E-state index in [0.717, 1.165) is 40.3 Å². The number of amides is 1. The first-order valence-corrected chi connectivity index (χ1v) is 6.68. The average molecular weight is 267 g/mol. The van der Waals surface area contributed by atoms with Crippen LogP contribution >= 0.6 is 0 Å². The molecule has 0 saturated carbocycles. The van der Waals surface area contributed by atoms with Gasteiger partial charge in [-0.3, -0.25) is 4.79 Å². The first-order valence-electron chi connectivity index (χ1n) is 6.68. The van der Waals surface area contributed by atoms with Gasteiger partial charge >= 0.3 is 0 Å². The molecule has 4 nitrogen and oxygen atoms in total. The third kappa shape index (κ3) is 2.45. The minimum Gasteiger partial charge on any atom is -0.397 e. The lowest BCUT2D eigenvalue weighted by atomic mass is 10.0. The summed E-state index contributed by atoms with van der Waals surface area (Å²) in [6, 6.07) is 11.9. The maximum absolute atomic E-state index is 11.3. The second kappa shape index (κ2) is 4.89. The van der Waals surface area contributed by atoms with Gasteiger partial charge in [0.25, 0.3) is 0 Å². The first-order chi connectivity index (χ1) is 9.61. The van der Waals surface area contributed by atoms with Crippen LogP contribution in [0.3, 0.4) is 0 Å². The second-order valence-electron chi connectivity index (χ2n) is 5.14. The van der Waals surface area contributed by atoms with Gasteiger partial charge < -0.3 is 16.4 Å². The van der Waals surface area contributed by atoms with E-state index in [1.807, 2.05) is 37.3 Å². The Morgan fingerprint density at radius 1 is 1.15 bits per heavy atom. The van der Waals surface area contributed by atoms with Gasteiger partial charge in [-0.05, 0) is 54.8 Å². The Kier molecular flexibility index (Phi) is 3.06. The highest BCUT2D eigenvalue weighted by molar-refractivity contribution is 5.94. The molecular weight excluding hydrogens is 250 g/mol. The molecule has 1 heterocycles.